The number of hydrogen-bond acceptors (Lipinski definition) is 2. The van der Waals surface area contributed by atoms with Crippen LogP contribution in [0.25, 0.3) is 0 Å². The molecule has 1 fully saturated rings. The van der Waals surface area contributed by atoms with Gasteiger partial charge in [0.05, 0.1) is 6.04 Å². The Morgan fingerprint density at radius 1 is 1.17 bits per heavy atom. The summed E-state index contributed by atoms with van der Waals surface area (Å²) in [4.78, 5) is 26.6. The maximum Gasteiger partial charge on any atom is 0.315 e. The van der Waals surface area contributed by atoms with Gasteiger partial charge in [-0.05, 0) is 58.1 Å². The number of amides is 3. The third kappa shape index (κ3) is 4.49. The molecule has 1 saturated heterocycles. The molecular formula is C19H29N3O2. The number of benzene rings is 1. The summed E-state index contributed by atoms with van der Waals surface area (Å²) in [5.41, 5.74) is 2.22. The summed E-state index contributed by atoms with van der Waals surface area (Å²) in [6.07, 6.45) is 3.25. The highest BCUT2D eigenvalue weighted by Gasteiger charge is 2.28. The van der Waals surface area contributed by atoms with E-state index in [2.05, 4.69) is 17.6 Å². The van der Waals surface area contributed by atoms with E-state index in [0.717, 1.165) is 30.5 Å². The Bertz CT molecular complexity index is 588. The summed E-state index contributed by atoms with van der Waals surface area (Å²) in [5.74, 6) is 0.000828. The summed E-state index contributed by atoms with van der Waals surface area (Å²) in [7, 11) is 0. The van der Waals surface area contributed by atoms with E-state index in [9.17, 15) is 9.59 Å². The van der Waals surface area contributed by atoms with Gasteiger partial charge in [-0.2, -0.15) is 0 Å². The molecule has 5 heteroatoms. The van der Waals surface area contributed by atoms with Gasteiger partial charge in [-0.1, -0.05) is 24.3 Å². The Hall–Kier alpha value is -2.04. The third-order valence-electron chi connectivity index (χ3n) is 4.81. The van der Waals surface area contributed by atoms with E-state index in [1.807, 2.05) is 43.0 Å². The monoisotopic (exact) mass is 331 g/mol. The average molecular weight is 331 g/mol. The number of urea groups is 1. The number of nitrogens with one attached hydrogen (secondary N) is 2. The molecule has 24 heavy (non-hydrogen) atoms. The van der Waals surface area contributed by atoms with Crippen molar-refractivity contribution >= 4 is 11.9 Å². The van der Waals surface area contributed by atoms with Crippen LogP contribution in [0.5, 0.6) is 0 Å². The van der Waals surface area contributed by atoms with E-state index in [1.54, 1.807) is 6.92 Å². The van der Waals surface area contributed by atoms with E-state index in [1.165, 1.54) is 6.42 Å². The quantitative estimate of drug-likeness (QED) is 0.890. The molecule has 3 atom stereocenters. The first-order valence-electron chi connectivity index (χ1n) is 8.83. The zero-order valence-electron chi connectivity index (χ0n) is 15.1. The number of carbonyl (C=O) groups is 2. The molecular weight excluding hydrogens is 302 g/mol. The Balaban J connectivity index is 1.89. The Morgan fingerprint density at radius 2 is 1.88 bits per heavy atom. The smallest absolute Gasteiger partial charge is 0.315 e. The minimum atomic E-state index is -0.519. The first-order valence-corrected chi connectivity index (χ1v) is 8.83. The molecule has 5 nitrogen and oxygen atoms in total. The molecule has 1 heterocycles. The molecule has 0 aromatic heterocycles. The van der Waals surface area contributed by atoms with E-state index < -0.39 is 6.04 Å². The van der Waals surface area contributed by atoms with Crippen LogP contribution in [0.1, 0.15) is 57.2 Å². The lowest BCUT2D eigenvalue weighted by atomic mass is 10.0. The highest BCUT2D eigenvalue weighted by molar-refractivity contribution is 5.87. The fourth-order valence-corrected chi connectivity index (χ4v) is 3.32. The SMILES string of the molecule is Cc1ccccc1C(C)NC(=O)NC(C)C(=O)N1CCCCC1C. The molecule has 0 radical (unpaired) electrons. The van der Waals surface area contributed by atoms with Crippen molar-refractivity contribution in [1.29, 1.82) is 0 Å². The lowest BCUT2D eigenvalue weighted by molar-refractivity contribution is -0.136. The molecule has 3 amide bonds. The normalized spacial score (nSPS) is 20.2. The second-order valence-electron chi connectivity index (χ2n) is 6.79. The summed E-state index contributed by atoms with van der Waals surface area (Å²) < 4.78 is 0. The molecule has 0 saturated carbocycles. The molecule has 1 aliphatic heterocycles. The van der Waals surface area contributed by atoms with Crippen molar-refractivity contribution in [1.82, 2.24) is 15.5 Å². The van der Waals surface area contributed by atoms with Crippen LogP contribution in [0.2, 0.25) is 0 Å². The number of piperidine rings is 1. The van der Waals surface area contributed by atoms with Crippen molar-refractivity contribution in [2.24, 2.45) is 0 Å². The number of aryl methyl sites for hydroxylation is 1. The molecule has 1 aromatic rings. The molecule has 2 N–H and O–H groups in total. The minimum absolute atomic E-state index is 0.000828. The molecule has 0 aliphatic carbocycles. The third-order valence-corrected chi connectivity index (χ3v) is 4.81. The minimum Gasteiger partial charge on any atom is -0.338 e. The molecule has 0 spiro atoms. The van der Waals surface area contributed by atoms with Crippen molar-refractivity contribution in [3.8, 4) is 0 Å². The van der Waals surface area contributed by atoms with Crippen LogP contribution in [-0.2, 0) is 4.79 Å². The molecule has 1 aliphatic rings. The Morgan fingerprint density at radius 3 is 2.54 bits per heavy atom. The lowest BCUT2D eigenvalue weighted by Crippen LogP contribution is -2.53. The standard InChI is InChI=1S/C19H29N3O2/c1-13-9-5-6-11-17(13)15(3)20-19(24)21-16(4)18(23)22-12-8-7-10-14(22)2/h5-6,9,11,14-16H,7-8,10,12H2,1-4H3,(H2,20,21,24). The van der Waals surface area contributed by atoms with Gasteiger partial charge in [-0.25, -0.2) is 4.79 Å². The Labute approximate surface area is 144 Å². The molecule has 132 valence electrons. The van der Waals surface area contributed by atoms with Gasteiger partial charge < -0.3 is 15.5 Å². The second-order valence-corrected chi connectivity index (χ2v) is 6.79. The fraction of sp³-hybridized carbons (Fsp3) is 0.579. The summed E-state index contributed by atoms with van der Waals surface area (Å²) in [6.45, 7) is 8.58. The lowest BCUT2D eigenvalue weighted by Gasteiger charge is -2.35. The van der Waals surface area contributed by atoms with Crippen LogP contribution in [0, 0.1) is 6.92 Å². The number of carbonyl (C=O) groups excluding carboxylic acids is 2. The summed E-state index contributed by atoms with van der Waals surface area (Å²) in [5, 5.41) is 5.69. The first-order chi connectivity index (χ1) is 11.4. The van der Waals surface area contributed by atoms with Crippen LogP contribution < -0.4 is 10.6 Å². The van der Waals surface area contributed by atoms with Crippen LogP contribution in [0.4, 0.5) is 4.79 Å². The Kier molecular flexibility index (Phi) is 6.23. The van der Waals surface area contributed by atoms with Gasteiger partial charge in [0.25, 0.3) is 0 Å². The van der Waals surface area contributed by atoms with Crippen LogP contribution in [-0.4, -0.2) is 35.5 Å². The van der Waals surface area contributed by atoms with E-state index in [4.69, 9.17) is 0 Å². The highest BCUT2D eigenvalue weighted by atomic mass is 16.2. The fourth-order valence-electron chi connectivity index (χ4n) is 3.32. The van der Waals surface area contributed by atoms with Gasteiger partial charge in [0, 0.05) is 12.6 Å². The van der Waals surface area contributed by atoms with Gasteiger partial charge in [0.15, 0.2) is 0 Å². The molecule has 0 bridgehead atoms. The average Bonchev–Trinajstić information content (AvgIpc) is 2.54. The van der Waals surface area contributed by atoms with E-state index >= 15 is 0 Å². The summed E-state index contributed by atoms with van der Waals surface area (Å²) >= 11 is 0. The van der Waals surface area contributed by atoms with Crippen LogP contribution in [0.3, 0.4) is 0 Å². The maximum absolute atomic E-state index is 12.5. The van der Waals surface area contributed by atoms with E-state index in [-0.39, 0.29) is 24.0 Å². The van der Waals surface area contributed by atoms with Gasteiger partial charge in [0.2, 0.25) is 5.91 Å². The number of likely N-dealkylation sites (tertiary alicyclic amines) is 1. The topological polar surface area (TPSA) is 61.4 Å². The van der Waals surface area contributed by atoms with Crippen molar-refractivity contribution in [2.45, 2.75) is 65.1 Å². The predicted molar refractivity (Wildman–Crippen MR) is 95.7 cm³/mol. The van der Waals surface area contributed by atoms with Crippen molar-refractivity contribution in [2.75, 3.05) is 6.54 Å². The molecule has 3 unspecified atom stereocenters. The van der Waals surface area contributed by atoms with Gasteiger partial charge in [0.1, 0.15) is 6.04 Å². The largest absolute Gasteiger partial charge is 0.338 e. The number of rotatable bonds is 4. The van der Waals surface area contributed by atoms with Gasteiger partial charge in [-0.15, -0.1) is 0 Å². The molecule has 2 rings (SSSR count). The maximum atomic E-state index is 12.5. The van der Waals surface area contributed by atoms with Crippen molar-refractivity contribution in [3.63, 3.8) is 0 Å². The number of hydrogen-bond donors (Lipinski definition) is 2. The summed E-state index contributed by atoms with van der Waals surface area (Å²) in [6, 6.07) is 7.28. The molecule has 1 aromatic carbocycles. The number of nitrogens with zero attached hydrogens (tertiary/aromatic N) is 1. The van der Waals surface area contributed by atoms with Gasteiger partial charge >= 0.3 is 6.03 Å². The van der Waals surface area contributed by atoms with Crippen molar-refractivity contribution in [3.05, 3.63) is 35.4 Å². The van der Waals surface area contributed by atoms with Gasteiger partial charge in [-0.3, -0.25) is 4.79 Å². The zero-order valence-corrected chi connectivity index (χ0v) is 15.1. The predicted octanol–water partition coefficient (Wildman–Crippen LogP) is 3.14. The van der Waals surface area contributed by atoms with E-state index in [0.29, 0.717) is 0 Å². The zero-order chi connectivity index (χ0) is 17.7. The second kappa shape index (κ2) is 8.18. The van der Waals surface area contributed by atoms with Crippen LogP contribution in [0.15, 0.2) is 24.3 Å². The van der Waals surface area contributed by atoms with Crippen LogP contribution >= 0.6 is 0 Å². The first kappa shape index (κ1) is 18.3. The highest BCUT2D eigenvalue weighted by Crippen LogP contribution is 2.18. The van der Waals surface area contributed by atoms with Crippen molar-refractivity contribution < 1.29 is 9.59 Å².